The van der Waals surface area contributed by atoms with Crippen molar-refractivity contribution in [1.82, 2.24) is 4.72 Å². The molecule has 1 unspecified atom stereocenters. The topological polar surface area (TPSA) is 107 Å². The average molecular weight is 317 g/mol. The van der Waals surface area contributed by atoms with Crippen molar-refractivity contribution in [1.29, 1.82) is 5.26 Å². The Morgan fingerprint density at radius 3 is 2.55 bits per heavy atom. The van der Waals surface area contributed by atoms with Gasteiger partial charge in [0, 0.05) is 0 Å². The van der Waals surface area contributed by atoms with E-state index >= 15 is 0 Å². The minimum Gasteiger partial charge on any atom is -0.480 e. The second kappa shape index (κ2) is 5.79. The third-order valence-corrected chi connectivity index (χ3v) is 4.97. The molecule has 0 fully saturated rings. The number of hydrogen-bond donors (Lipinski definition) is 2. The van der Waals surface area contributed by atoms with E-state index in [4.69, 9.17) is 22.0 Å². The van der Waals surface area contributed by atoms with Crippen LogP contribution in [0, 0.1) is 11.3 Å². The van der Waals surface area contributed by atoms with Gasteiger partial charge in [-0.1, -0.05) is 18.5 Å². The summed E-state index contributed by atoms with van der Waals surface area (Å²) >= 11 is 5.83. The molecule has 1 aromatic rings. The predicted molar refractivity (Wildman–Crippen MR) is 72.8 cm³/mol. The number of benzene rings is 1. The molecule has 0 aliphatic rings. The van der Waals surface area contributed by atoms with Crippen molar-refractivity contribution in [3.05, 3.63) is 28.8 Å². The largest absolute Gasteiger partial charge is 0.480 e. The maximum atomic E-state index is 12.2. The van der Waals surface area contributed by atoms with Crippen molar-refractivity contribution >= 4 is 27.6 Å². The Bertz CT molecular complexity index is 681. The third-order valence-electron chi connectivity index (χ3n) is 2.89. The van der Waals surface area contributed by atoms with Crippen LogP contribution >= 0.6 is 11.6 Å². The Morgan fingerprint density at radius 1 is 1.55 bits per heavy atom. The summed E-state index contributed by atoms with van der Waals surface area (Å²) in [6.07, 6.45) is 0.0649. The zero-order chi connectivity index (χ0) is 15.6. The molecule has 0 aliphatic heterocycles. The molecule has 0 saturated carbocycles. The first-order valence-corrected chi connectivity index (χ1v) is 7.49. The van der Waals surface area contributed by atoms with Crippen molar-refractivity contribution in [2.24, 2.45) is 0 Å². The van der Waals surface area contributed by atoms with Crippen LogP contribution < -0.4 is 4.72 Å². The summed E-state index contributed by atoms with van der Waals surface area (Å²) in [5, 5.41) is 17.7. The van der Waals surface area contributed by atoms with Crippen LogP contribution in [0.2, 0.25) is 5.02 Å². The maximum Gasteiger partial charge on any atom is 0.324 e. The maximum absolute atomic E-state index is 12.2. The van der Waals surface area contributed by atoms with Gasteiger partial charge >= 0.3 is 5.97 Å². The lowest BCUT2D eigenvalue weighted by Gasteiger charge is -2.24. The Hall–Kier alpha value is -1.62. The highest BCUT2D eigenvalue weighted by Gasteiger charge is 2.36. The van der Waals surface area contributed by atoms with Gasteiger partial charge in [0.1, 0.15) is 10.4 Å². The lowest BCUT2D eigenvalue weighted by Crippen LogP contribution is -2.51. The molecule has 0 amide bonds. The van der Waals surface area contributed by atoms with Crippen LogP contribution in [0.1, 0.15) is 25.8 Å². The van der Waals surface area contributed by atoms with Gasteiger partial charge in [0.15, 0.2) is 0 Å². The van der Waals surface area contributed by atoms with Crippen molar-refractivity contribution in [3.8, 4) is 6.07 Å². The number of sulfonamides is 1. The molecule has 0 heterocycles. The van der Waals surface area contributed by atoms with Gasteiger partial charge in [-0.3, -0.25) is 4.79 Å². The van der Waals surface area contributed by atoms with Crippen molar-refractivity contribution in [2.45, 2.75) is 30.7 Å². The van der Waals surface area contributed by atoms with Gasteiger partial charge in [-0.05, 0) is 31.5 Å². The van der Waals surface area contributed by atoms with Crippen LogP contribution in [-0.4, -0.2) is 25.0 Å². The van der Waals surface area contributed by atoms with E-state index in [1.807, 2.05) is 6.07 Å². The molecule has 108 valence electrons. The monoisotopic (exact) mass is 316 g/mol. The Morgan fingerprint density at radius 2 is 2.15 bits per heavy atom. The normalized spacial score (nSPS) is 14.3. The van der Waals surface area contributed by atoms with Gasteiger partial charge in [-0.15, -0.1) is 0 Å². The van der Waals surface area contributed by atoms with Crippen molar-refractivity contribution in [2.75, 3.05) is 0 Å². The van der Waals surface area contributed by atoms with E-state index in [9.17, 15) is 13.2 Å². The lowest BCUT2D eigenvalue weighted by molar-refractivity contribution is -0.143. The fourth-order valence-electron chi connectivity index (χ4n) is 1.41. The molecule has 0 bridgehead atoms. The SMILES string of the molecule is CCC(C)(NS(=O)(=O)c1ccc(C#N)cc1Cl)C(=O)O. The number of halogens is 1. The molecule has 1 aromatic carbocycles. The highest BCUT2D eigenvalue weighted by molar-refractivity contribution is 7.89. The standard InChI is InChI=1S/C12H13ClN2O4S/c1-3-12(2,11(16)17)15-20(18,19)10-5-4-8(7-14)6-9(10)13/h4-6,15H,3H2,1-2H3,(H,16,17). The first-order chi connectivity index (χ1) is 9.16. The number of carboxylic acid groups (broad SMARTS) is 1. The van der Waals surface area contributed by atoms with Gasteiger partial charge in [-0.2, -0.15) is 9.98 Å². The van der Waals surface area contributed by atoms with E-state index in [2.05, 4.69) is 4.72 Å². The Labute approximate surface area is 122 Å². The van der Waals surface area contributed by atoms with Crippen LogP contribution in [0.25, 0.3) is 0 Å². The Balaban J connectivity index is 3.25. The minimum atomic E-state index is -4.10. The summed E-state index contributed by atoms with van der Waals surface area (Å²) < 4.78 is 26.5. The van der Waals surface area contributed by atoms with Gasteiger partial charge < -0.3 is 5.11 Å². The molecule has 1 atom stereocenters. The fraction of sp³-hybridized carbons (Fsp3) is 0.333. The predicted octanol–water partition coefficient (Wildman–Crippen LogP) is 1.74. The molecule has 6 nitrogen and oxygen atoms in total. The minimum absolute atomic E-state index is 0.0649. The number of nitrogens with one attached hydrogen (secondary N) is 1. The number of hydrogen-bond acceptors (Lipinski definition) is 4. The second-order valence-corrected chi connectivity index (χ2v) is 6.41. The Kier molecular flexibility index (Phi) is 4.76. The van der Waals surface area contributed by atoms with Gasteiger partial charge in [-0.25, -0.2) is 8.42 Å². The smallest absolute Gasteiger partial charge is 0.324 e. The molecule has 1 rings (SSSR count). The first kappa shape index (κ1) is 16.4. The van der Waals surface area contributed by atoms with Crippen LogP contribution in [-0.2, 0) is 14.8 Å². The summed E-state index contributed by atoms with van der Waals surface area (Å²) in [7, 11) is -4.10. The van der Waals surface area contributed by atoms with E-state index in [0.717, 1.165) is 0 Å². The highest BCUT2D eigenvalue weighted by Crippen LogP contribution is 2.24. The number of nitrogens with zero attached hydrogens (tertiary/aromatic N) is 1. The van der Waals surface area contributed by atoms with Gasteiger partial charge in [0.25, 0.3) is 0 Å². The van der Waals surface area contributed by atoms with Crippen LogP contribution in [0.3, 0.4) is 0 Å². The fourth-order valence-corrected chi connectivity index (χ4v) is 3.39. The molecular weight excluding hydrogens is 304 g/mol. The molecule has 2 N–H and O–H groups in total. The average Bonchev–Trinajstić information content (AvgIpc) is 2.37. The summed E-state index contributed by atoms with van der Waals surface area (Å²) in [5.74, 6) is -1.28. The van der Waals surface area contributed by atoms with E-state index in [-0.39, 0.29) is 21.9 Å². The van der Waals surface area contributed by atoms with Crippen LogP contribution in [0.5, 0.6) is 0 Å². The number of rotatable bonds is 5. The molecule has 20 heavy (non-hydrogen) atoms. The number of carboxylic acids is 1. The number of nitriles is 1. The molecule has 0 spiro atoms. The lowest BCUT2D eigenvalue weighted by atomic mass is 10.0. The first-order valence-electron chi connectivity index (χ1n) is 5.63. The van der Waals surface area contributed by atoms with E-state index < -0.39 is 21.5 Å². The molecular formula is C12H13ClN2O4S. The quantitative estimate of drug-likeness (QED) is 0.860. The summed E-state index contributed by atoms with van der Waals surface area (Å²) in [5.41, 5.74) is -1.42. The zero-order valence-electron chi connectivity index (χ0n) is 10.8. The molecule has 0 radical (unpaired) electrons. The second-order valence-electron chi connectivity index (χ2n) is 4.35. The molecule has 8 heteroatoms. The van der Waals surface area contributed by atoms with Gasteiger partial charge in [0.2, 0.25) is 10.0 Å². The number of carbonyl (C=O) groups is 1. The molecule has 0 aliphatic carbocycles. The summed E-state index contributed by atoms with van der Waals surface area (Å²) in [6, 6.07) is 5.50. The molecule has 0 saturated heterocycles. The van der Waals surface area contributed by atoms with Gasteiger partial charge in [0.05, 0.1) is 16.7 Å². The van der Waals surface area contributed by atoms with Crippen molar-refractivity contribution < 1.29 is 18.3 Å². The summed E-state index contributed by atoms with van der Waals surface area (Å²) in [4.78, 5) is 10.9. The van der Waals surface area contributed by atoms with Crippen molar-refractivity contribution in [3.63, 3.8) is 0 Å². The highest BCUT2D eigenvalue weighted by atomic mass is 35.5. The van der Waals surface area contributed by atoms with Crippen LogP contribution in [0.4, 0.5) is 0 Å². The zero-order valence-corrected chi connectivity index (χ0v) is 12.4. The number of aliphatic carboxylic acids is 1. The van der Waals surface area contributed by atoms with E-state index in [0.29, 0.717) is 0 Å². The van der Waals surface area contributed by atoms with E-state index in [1.165, 1.54) is 25.1 Å². The third kappa shape index (κ3) is 3.28. The van der Waals surface area contributed by atoms with Crippen LogP contribution in [0.15, 0.2) is 23.1 Å². The summed E-state index contributed by atoms with van der Waals surface area (Å²) in [6.45, 7) is 2.82. The van der Waals surface area contributed by atoms with E-state index in [1.54, 1.807) is 6.92 Å². The molecule has 0 aromatic heterocycles.